The number of cyclic esters (lactones) is 2. The Labute approximate surface area is 133 Å². The molecule has 0 aliphatic carbocycles. The van der Waals surface area contributed by atoms with Gasteiger partial charge in [0.25, 0.3) is 0 Å². The maximum atomic E-state index is 11.3. The molecule has 1 unspecified atom stereocenters. The summed E-state index contributed by atoms with van der Waals surface area (Å²) < 4.78 is 16.7. The molecule has 2 rings (SSSR count). The van der Waals surface area contributed by atoms with Crippen LogP contribution in [0.1, 0.15) is 46.3 Å². The summed E-state index contributed by atoms with van der Waals surface area (Å²) >= 11 is 0. The van der Waals surface area contributed by atoms with Gasteiger partial charge in [-0.1, -0.05) is 32.9 Å². The second-order valence-electron chi connectivity index (χ2n) is 7.88. The van der Waals surface area contributed by atoms with Gasteiger partial charge in [-0.3, -0.25) is 0 Å². The average molecular weight is 322 g/mol. The van der Waals surface area contributed by atoms with Crippen molar-refractivity contribution in [2.24, 2.45) is 0 Å². The Kier molecular flexibility index (Phi) is 4.06. The van der Waals surface area contributed by atoms with Gasteiger partial charge in [-0.25, -0.2) is 4.79 Å². The van der Waals surface area contributed by atoms with E-state index in [4.69, 9.17) is 13.9 Å². The molecule has 1 aliphatic rings. The van der Waals surface area contributed by atoms with Crippen molar-refractivity contribution in [3.8, 4) is 5.75 Å². The highest BCUT2D eigenvalue weighted by Gasteiger charge is 2.45. The van der Waals surface area contributed by atoms with Gasteiger partial charge in [-0.05, 0) is 49.7 Å². The third kappa shape index (κ3) is 3.29. The van der Waals surface area contributed by atoms with Gasteiger partial charge in [-0.15, -0.1) is 0 Å². The number of carbonyl (C=O) groups excluding carboxylic acids is 1. The van der Waals surface area contributed by atoms with E-state index in [2.05, 4.69) is 33.9 Å². The second kappa shape index (κ2) is 5.30. The fraction of sp³-hybridized carbons (Fsp3) is 0.588. The zero-order chi connectivity index (χ0) is 16.8. The average Bonchev–Trinajstić information content (AvgIpc) is 2.61. The van der Waals surface area contributed by atoms with E-state index < -0.39 is 20.1 Å². The normalized spacial score (nSPS) is 21.2. The van der Waals surface area contributed by atoms with E-state index >= 15 is 0 Å². The first kappa shape index (κ1) is 16.9. The van der Waals surface area contributed by atoms with Crippen LogP contribution in [0.5, 0.6) is 5.75 Å². The molecule has 0 aromatic heterocycles. The van der Waals surface area contributed by atoms with E-state index in [9.17, 15) is 4.79 Å². The number of hydrogen-bond donors (Lipinski definition) is 0. The largest absolute Gasteiger partial charge is 0.544 e. The molecule has 1 aliphatic heterocycles. The quantitative estimate of drug-likeness (QED) is 0.576. The fourth-order valence-electron chi connectivity index (χ4n) is 2.16. The maximum absolute atomic E-state index is 11.3. The SMILES string of the molecule is CC1(C)OC(=O)OC1c1ccc(O[Si](C)(C)C(C)(C)C)cc1. The smallest absolute Gasteiger partial charge is 0.509 e. The van der Waals surface area contributed by atoms with Crippen LogP contribution in [0.2, 0.25) is 18.1 Å². The molecule has 0 amide bonds. The molecule has 1 aromatic carbocycles. The van der Waals surface area contributed by atoms with E-state index in [1.807, 2.05) is 38.1 Å². The Balaban J connectivity index is 2.16. The summed E-state index contributed by atoms with van der Waals surface area (Å²) in [6, 6.07) is 7.77. The van der Waals surface area contributed by atoms with Crippen LogP contribution in [-0.2, 0) is 9.47 Å². The molecule has 1 aromatic rings. The summed E-state index contributed by atoms with van der Waals surface area (Å²) in [5, 5.41) is 0.155. The molecule has 22 heavy (non-hydrogen) atoms. The predicted octanol–water partition coefficient (Wildman–Crippen LogP) is 5.06. The number of carbonyl (C=O) groups is 1. The second-order valence-corrected chi connectivity index (χ2v) is 12.6. The lowest BCUT2D eigenvalue weighted by Crippen LogP contribution is -2.43. The summed E-state index contributed by atoms with van der Waals surface area (Å²) in [5.74, 6) is 0.860. The van der Waals surface area contributed by atoms with Crippen molar-refractivity contribution in [3.63, 3.8) is 0 Å². The van der Waals surface area contributed by atoms with Gasteiger partial charge >= 0.3 is 6.16 Å². The van der Waals surface area contributed by atoms with Crippen LogP contribution >= 0.6 is 0 Å². The molecule has 0 saturated carbocycles. The molecular formula is C17H26O4Si. The highest BCUT2D eigenvalue weighted by molar-refractivity contribution is 6.74. The molecule has 4 nitrogen and oxygen atoms in total. The molecule has 5 heteroatoms. The van der Waals surface area contributed by atoms with Gasteiger partial charge in [0.05, 0.1) is 0 Å². The fourth-order valence-corrected chi connectivity index (χ4v) is 3.19. The molecule has 0 radical (unpaired) electrons. The van der Waals surface area contributed by atoms with E-state index in [-0.39, 0.29) is 11.1 Å². The molecule has 122 valence electrons. The van der Waals surface area contributed by atoms with Gasteiger partial charge in [0.1, 0.15) is 5.75 Å². The summed E-state index contributed by atoms with van der Waals surface area (Å²) in [6.45, 7) is 14.8. The van der Waals surface area contributed by atoms with Crippen molar-refractivity contribution in [1.82, 2.24) is 0 Å². The molecule has 0 bridgehead atoms. The highest BCUT2D eigenvalue weighted by atomic mass is 28.4. The van der Waals surface area contributed by atoms with Crippen LogP contribution in [0.15, 0.2) is 24.3 Å². The van der Waals surface area contributed by atoms with E-state index in [0.717, 1.165) is 11.3 Å². The first-order valence-electron chi connectivity index (χ1n) is 7.61. The minimum Gasteiger partial charge on any atom is -0.544 e. The Morgan fingerprint density at radius 1 is 1.14 bits per heavy atom. The molecule has 1 saturated heterocycles. The lowest BCUT2D eigenvalue weighted by Gasteiger charge is -2.36. The van der Waals surface area contributed by atoms with Gasteiger partial charge in [0.15, 0.2) is 11.7 Å². The Morgan fingerprint density at radius 2 is 1.68 bits per heavy atom. The third-order valence-corrected chi connectivity index (χ3v) is 8.91. The van der Waals surface area contributed by atoms with Crippen molar-refractivity contribution < 1.29 is 18.7 Å². The summed E-state index contributed by atoms with van der Waals surface area (Å²) in [4.78, 5) is 11.3. The maximum Gasteiger partial charge on any atom is 0.509 e. The number of benzene rings is 1. The first-order valence-corrected chi connectivity index (χ1v) is 10.5. The van der Waals surface area contributed by atoms with E-state index in [1.165, 1.54) is 0 Å². The number of rotatable bonds is 3. The molecule has 1 fully saturated rings. The lowest BCUT2D eigenvalue weighted by atomic mass is 9.95. The van der Waals surface area contributed by atoms with Crippen molar-refractivity contribution in [1.29, 1.82) is 0 Å². The van der Waals surface area contributed by atoms with Crippen molar-refractivity contribution in [2.45, 2.75) is 64.5 Å². The van der Waals surface area contributed by atoms with Gasteiger partial charge in [-0.2, -0.15) is 0 Å². The van der Waals surface area contributed by atoms with Crippen LogP contribution < -0.4 is 4.43 Å². The molecular weight excluding hydrogens is 296 g/mol. The minimum atomic E-state index is -1.84. The Morgan fingerprint density at radius 3 is 2.09 bits per heavy atom. The van der Waals surface area contributed by atoms with E-state index in [0.29, 0.717) is 0 Å². The van der Waals surface area contributed by atoms with Gasteiger partial charge in [0.2, 0.25) is 8.32 Å². The van der Waals surface area contributed by atoms with Crippen LogP contribution in [0.4, 0.5) is 4.79 Å². The summed E-state index contributed by atoms with van der Waals surface area (Å²) in [6.07, 6.45) is -1.00. The zero-order valence-corrected chi connectivity index (χ0v) is 15.5. The standard InChI is InChI=1S/C17H26O4Si/c1-16(2,3)22(6,7)21-13-10-8-12(9-11-13)14-17(4,5)20-15(18)19-14/h8-11,14H,1-7H3. The molecule has 0 spiro atoms. The Bertz CT molecular complexity index is 555. The van der Waals surface area contributed by atoms with E-state index in [1.54, 1.807) is 0 Å². The van der Waals surface area contributed by atoms with Crippen molar-refractivity contribution in [3.05, 3.63) is 29.8 Å². The summed E-state index contributed by atoms with van der Waals surface area (Å²) in [5.41, 5.74) is 0.261. The number of hydrogen-bond acceptors (Lipinski definition) is 4. The highest BCUT2D eigenvalue weighted by Crippen LogP contribution is 2.40. The van der Waals surface area contributed by atoms with Gasteiger partial charge in [0, 0.05) is 0 Å². The summed E-state index contributed by atoms with van der Waals surface area (Å²) in [7, 11) is -1.84. The predicted molar refractivity (Wildman–Crippen MR) is 88.7 cm³/mol. The topological polar surface area (TPSA) is 44.8 Å². The van der Waals surface area contributed by atoms with Crippen molar-refractivity contribution in [2.75, 3.05) is 0 Å². The zero-order valence-electron chi connectivity index (χ0n) is 14.5. The van der Waals surface area contributed by atoms with Crippen LogP contribution in [0.3, 0.4) is 0 Å². The first-order chi connectivity index (χ1) is 9.92. The Hall–Kier alpha value is -1.49. The molecule has 0 N–H and O–H groups in total. The lowest BCUT2D eigenvalue weighted by molar-refractivity contribution is 0.0641. The monoisotopic (exact) mass is 322 g/mol. The van der Waals surface area contributed by atoms with Crippen LogP contribution in [-0.4, -0.2) is 20.1 Å². The van der Waals surface area contributed by atoms with Crippen molar-refractivity contribution >= 4 is 14.5 Å². The molecule has 1 atom stereocenters. The van der Waals surface area contributed by atoms with Crippen LogP contribution in [0, 0.1) is 0 Å². The van der Waals surface area contributed by atoms with Gasteiger partial charge < -0.3 is 13.9 Å². The molecule has 1 heterocycles. The third-order valence-electron chi connectivity index (χ3n) is 4.55. The number of ether oxygens (including phenoxy) is 2. The minimum absolute atomic E-state index is 0.155. The van der Waals surface area contributed by atoms with Crippen LogP contribution in [0.25, 0.3) is 0 Å².